The summed E-state index contributed by atoms with van der Waals surface area (Å²) in [6.45, 7) is 6.19. The molecule has 3 nitrogen and oxygen atoms in total. The minimum Gasteiger partial charge on any atom is -0.493 e. The summed E-state index contributed by atoms with van der Waals surface area (Å²) in [7, 11) is 1.59. The van der Waals surface area contributed by atoms with Gasteiger partial charge in [-0.05, 0) is 26.8 Å². The molecule has 0 atom stereocenters. The Morgan fingerprint density at radius 2 is 2.06 bits per heavy atom. The molecular weight excluding hydrogens is 204 g/mol. The first-order chi connectivity index (χ1) is 7.56. The summed E-state index contributed by atoms with van der Waals surface area (Å²) in [5.41, 5.74) is 0.272. The molecule has 0 heterocycles. The number of rotatable bonds is 5. The van der Waals surface area contributed by atoms with E-state index in [1.54, 1.807) is 7.11 Å². The van der Waals surface area contributed by atoms with Crippen molar-refractivity contribution in [3.05, 3.63) is 23.8 Å². The Morgan fingerprint density at radius 3 is 2.56 bits per heavy atom. The molecule has 0 saturated carbocycles. The van der Waals surface area contributed by atoms with Crippen molar-refractivity contribution in [1.82, 2.24) is 0 Å². The summed E-state index contributed by atoms with van der Waals surface area (Å²) in [6.07, 6.45) is 0.917. The molecule has 0 bridgehead atoms. The van der Waals surface area contributed by atoms with E-state index < -0.39 is 5.41 Å². The lowest BCUT2D eigenvalue weighted by molar-refractivity contribution is -0.111. The average Bonchev–Trinajstić information content (AvgIpc) is 2.29. The van der Waals surface area contributed by atoms with Crippen molar-refractivity contribution in [2.75, 3.05) is 13.7 Å². The van der Waals surface area contributed by atoms with Crippen LogP contribution in [0.15, 0.2) is 18.2 Å². The van der Waals surface area contributed by atoms with Gasteiger partial charge in [-0.2, -0.15) is 0 Å². The van der Waals surface area contributed by atoms with E-state index in [1.807, 2.05) is 39.0 Å². The third kappa shape index (κ3) is 2.35. The molecule has 0 aromatic heterocycles. The Hall–Kier alpha value is -1.51. The molecule has 0 radical (unpaired) electrons. The molecule has 0 N–H and O–H groups in total. The van der Waals surface area contributed by atoms with Crippen LogP contribution >= 0.6 is 0 Å². The Bertz CT molecular complexity index is 369. The Kier molecular flexibility index (Phi) is 3.93. The summed E-state index contributed by atoms with van der Waals surface area (Å²) < 4.78 is 10.8. The number of hydrogen-bond donors (Lipinski definition) is 0. The van der Waals surface area contributed by atoms with Crippen molar-refractivity contribution in [1.29, 1.82) is 0 Å². The number of aldehydes is 1. The second kappa shape index (κ2) is 5.01. The van der Waals surface area contributed by atoms with Gasteiger partial charge in [0, 0.05) is 11.0 Å². The van der Waals surface area contributed by atoms with Crippen LogP contribution in [0.1, 0.15) is 26.3 Å². The molecule has 1 rings (SSSR count). The van der Waals surface area contributed by atoms with Crippen LogP contribution < -0.4 is 9.47 Å². The van der Waals surface area contributed by atoms with E-state index in [9.17, 15) is 4.79 Å². The van der Waals surface area contributed by atoms with Crippen molar-refractivity contribution >= 4 is 6.29 Å². The lowest BCUT2D eigenvalue weighted by Crippen LogP contribution is -2.20. The summed E-state index contributed by atoms with van der Waals surface area (Å²) in [4.78, 5) is 11.1. The summed E-state index contributed by atoms with van der Waals surface area (Å²) in [5.74, 6) is 1.32. The fourth-order valence-electron chi connectivity index (χ4n) is 1.57. The van der Waals surface area contributed by atoms with Crippen molar-refractivity contribution in [3.63, 3.8) is 0 Å². The monoisotopic (exact) mass is 222 g/mol. The molecule has 0 aliphatic rings. The van der Waals surface area contributed by atoms with Crippen molar-refractivity contribution in [2.24, 2.45) is 0 Å². The van der Waals surface area contributed by atoms with E-state index in [2.05, 4.69) is 0 Å². The van der Waals surface area contributed by atoms with Gasteiger partial charge in [-0.15, -0.1) is 0 Å². The highest BCUT2D eigenvalue weighted by Gasteiger charge is 2.25. The molecule has 0 aliphatic carbocycles. The van der Waals surface area contributed by atoms with Crippen LogP contribution in [-0.4, -0.2) is 20.0 Å². The standard InChI is InChI=1S/C13H18O3/c1-5-16-11-8-6-7-10(12(11)15-4)13(2,3)9-14/h6-9H,5H2,1-4H3. The zero-order valence-electron chi connectivity index (χ0n) is 10.2. The van der Waals surface area contributed by atoms with Gasteiger partial charge in [0.05, 0.1) is 13.7 Å². The maximum absolute atomic E-state index is 11.1. The fourth-order valence-corrected chi connectivity index (χ4v) is 1.57. The Balaban J connectivity index is 3.28. The fraction of sp³-hybridized carbons (Fsp3) is 0.462. The molecule has 0 unspecified atom stereocenters. The molecule has 3 heteroatoms. The van der Waals surface area contributed by atoms with Gasteiger partial charge in [0.25, 0.3) is 0 Å². The first kappa shape index (κ1) is 12.6. The number of carbonyl (C=O) groups excluding carboxylic acids is 1. The molecule has 0 fully saturated rings. The molecular formula is C13H18O3. The first-order valence-electron chi connectivity index (χ1n) is 5.33. The molecule has 0 spiro atoms. The number of methoxy groups -OCH3 is 1. The lowest BCUT2D eigenvalue weighted by Gasteiger charge is -2.22. The summed E-state index contributed by atoms with van der Waals surface area (Å²) in [6, 6.07) is 5.59. The lowest BCUT2D eigenvalue weighted by atomic mass is 9.85. The van der Waals surface area contributed by atoms with Gasteiger partial charge in [-0.3, -0.25) is 0 Å². The van der Waals surface area contributed by atoms with E-state index in [0.29, 0.717) is 18.1 Å². The van der Waals surface area contributed by atoms with Crippen molar-refractivity contribution in [2.45, 2.75) is 26.2 Å². The molecule has 88 valence electrons. The highest BCUT2D eigenvalue weighted by atomic mass is 16.5. The average molecular weight is 222 g/mol. The number of para-hydroxylation sites is 1. The maximum atomic E-state index is 11.1. The minimum atomic E-state index is -0.571. The van der Waals surface area contributed by atoms with Crippen molar-refractivity contribution < 1.29 is 14.3 Å². The second-order valence-corrected chi connectivity index (χ2v) is 4.11. The Labute approximate surface area is 96.4 Å². The van der Waals surface area contributed by atoms with Gasteiger partial charge in [0.15, 0.2) is 11.5 Å². The van der Waals surface area contributed by atoms with Gasteiger partial charge in [0.2, 0.25) is 0 Å². The third-order valence-corrected chi connectivity index (χ3v) is 2.47. The van der Waals surface area contributed by atoms with E-state index in [4.69, 9.17) is 9.47 Å². The van der Waals surface area contributed by atoms with E-state index in [1.165, 1.54) is 0 Å². The van der Waals surface area contributed by atoms with Crippen LogP contribution in [0.2, 0.25) is 0 Å². The second-order valence-electron chi connectivity index (χ2n) is 4.11. The number of ether oxygens (including phenoxy) is 2. The zero-order valence-corrected chi connectivity index (χ0v) is 10.2. The van der Waals surface area contributed by atoms with Gasteiger partial charge in [0.1, 0.15) is 6.29 Å². The largest absolute Gasteiger partial charge is 0.493 e. The normalized spacial score (nSPS) is 11.0. The summed E-state index contributed by atoms with van der Waals surface area (Å²) >= 11 is 0. The van der Waals surface area contributed by atoms with Gasteiger partial charge < -0.3 is 14.3 Å². The molecule has 0 amide bonds. The molecule has 16 heavy (non-hydrogen) atoms. The predicted octanol–water partition coefficient (Wildman–Crippen LogP) is 2.57. The highest BCUT2D eigenvalue weighted by molar-refractivity contribution is 5.70. The van der Waals surface area contributed by atoms with Crippen molar-refractivity contribution in [3.8, 4) is 11.5 Å². The van der Waals surface area contributed by atoms with Crippen LogP contribution in [0, 0.1) is 0 Å². The number of carbonyl (C=O) groups is 1. The van der Waals surface area contributed by atoms with Gasteiger partial charge >= 0.3 is 0 Å². The smallest absolute Gasteiger partial charge is 0.164 e. The summed E-state index contributed by atoms with van der Waals surface area (Å²) in [5, 5.41) is 0. The molecule has 0 aliphatic heterocycles. The van der Waals surface area contributed by atoms with Gasteiger partial charge in [-0.25, -0.2) is 0 Å². The zero-order chi connectivity index (χ0) is 12.2. The van der Waals surface area contributed by atoms with Crippen LogP contribution in [0.5, 0.6) is 11.5 Å². The molecule has 1 aromatic carbocycles. The quantitative estimate of drug-likeness (QED) is 0.718. The van der Waals surface area contributed by atoms with Crippen LogP contribution in [0.25, 0.3) is 0 Å². The maximum Gasteiger partial charge on any atom is 0.164 e. The van der Waals surface area contributed by atoms with E-state index in [0.717, 1.165) is 11.8 Å². The highest BCUT2D eigenvalue weighted by Crippen LogP contribution is 2.37. The van der Waals surface area contributed by atoms with Gasteiger partial charge in [-0.1, -0.05) is 12.1 Å². The minimum absolute atomic E-state index is 0.571. The molecule has 1 aromatic rings. The van der Waals surface area contributed by atoms with Crippen LogP contribution in [0.4, 0.5) is 0 Å². The predicted molar refractivity (Wildman–Crippen MR) is 63.3 cm³/mol. The van der Waals surface area contributed by atoms with Crippen LogP contribution in [-0.2, 0) is 10.2 Å². The number of benzene rings is 1. The van der Waals surface area contributed by atoms with Crippen LogP contribution in [0.3, 0.4) is 0 Å². The number of hydrogen-bond acceptors (Lipinski definition) is 3. The van der Waals surface area contributed by atoms with E-state index in [-0.39, 0.29) is 0 Å². The first-order valence-corrected chi connectivity index (χ1v) is 5.33. The SMILES string of the molecule is CCOc1cccc(C(C)(C)C=O)c1OC. The topological polar surface area (TPSA) is 35.5 Å². The third-order valence-electron chi connectivity index (χ3n) is 2.47. The molecule has 0 saturated heterocycles. The van der Waals surface area contributed by atoms with E-state index >= 15 is 0 Å². The Morgan fingerprint density at radius 1 is 1.38 bits per heavy atom.